The number of aryl methyl sites for hydroxylation is 1. The van der Waals surface area contributed by atoms with Gasteiger partial charge in [-0.15, -0.1) is 0 Å². The number of hydrogen-bond acceptors (Lipinski definition) is 4. The van der Waals surface area contributed by atoms with Crippen LogP contribution in [0.15, 0.2) is 30.3 Å². The van der Waals surface area contributed by atoms with Gasteiger partial charge in [0.25, 0.3) is 0 Å². The molecule has 1 heterocycles. The fraction of sp³-hybridized carbons (Fsp3) is 0.300. The smallest absolute Gasteiger partial charge is 0.229 e. The number of carbonyl (C=O) groups excluding carboxylic acids is 2. The van der Waals surface area contributed by atoms with Crippen LogP contribution in [0.4, 0.5) is 15.8 Å². The van der Waals surface area contributed by atoms with Crippen molar-refractivity contribution in [2.45, 2.75) is 13.3 Å². The number of nitrogens with zero attached hydrogens (tertiary/aromatic N) is 1. The zero-order chi connectivity index (χ0) is 20.4. The number of methoxy groups -OCH3 is 2. The van der Waals surface area contributed by atoms with E-state index in [4.69, 9.17) is 21.1 Å². The quantitative estimate of drug-likeness (QED) is 0.820. The van der Waals surface area contributed by atoms with E-state index in [1.54, 1.807) is 25.1 Å². The SMILES string of the molecule is COc1cc(OC)c(NC(=O)C2CC(=O)N(c3ccc(C)c(F)c3)C2)cc1Cl. The molecule has 148 valence electrons. The summed E-state index contributed by atoms with van der Waals surface area (Å²) in [6.45, 7) is 1.81. The highest BCUT2D eigenvalue weighted by Gasteiger charge is 2.35. The predicted molar refractivity (Wildman–Crippen MR) is 105 cm³/mol. The van der Waals surface area contributed by atoms with Gasteiger partial charge in [-0.1, -0.05) is 17.7 Å². The summed E-state index contributed by atoms with van der Waals surface area (Å²) in [5, 5.41) is 3.07. The molecule has 1 fully saturated rings. The minimum atomic E-state index is -0.581. The number of rotatable bonds is 5. The molecule has 0 aromatic heterocycles. The molecule has 0 saturated carbocycles. The lowest BCUT2D eigenvalue weighted by Gasteiger charge is -2.18. The van der Waals surface area contributed by atoms with E-state index in [0.29, 0.717) is 33.5 Å². The van der Waals surface area contributed by atoms with Gasteiger partial charge in [0.05, 0.1) is 30.8 Å². The first-order valence-corrected chi connectivity index (χ1v) is 9.00. The summed E-state index contributed by atoms with van der Waals surface area (Å²) in [6.07, 6.45) is 0.0352. The standard InChI is InChI=1S/C20H20ClFN2O4/c1-11-4-5-13(7-15(11)22)24-10-12(6-19(24)25)20(26)23-16-8-14(21)17(27-2)9-18(16)28-3/h4-5,7-9,12H,6,10H2,1-3H3,(H,23,26). The monoisotopic (exact) mass is 406 g/mol. The van der Waals surface area contributed by atoms with Crippen LogP contribution >= 0.6 is 11.6 Å². The predicted octanol–water partition coefficient (Wildman–Crippen LogP) is 3.80. The van der Waals surface area contributed by atoms with E-state index in [-0.39, 0.29) is 24.8 Å². The average molecular weight is 407 g/mol. The van der Waals surface area contributed by atoms with Gasteiger partial charge in [-0.3, -0.25) is 9.59 Å². The first-order chi connectivity index (χ1) is 13.3. The topological polar surface area (TPSA) is 67.9 Å². The second kappa shape index (κ2) is 8.06. The molecule has 2 aromatic rings. The fourth-order valence-electron chi connectivity index (χ4n) is 3.07. The maximum absolute atomic E-state index is 13.8. The van der Waals surface area contributed by atoms with E-state index >= 15 is 0 Å². The van der Waals surface area contributed by atoms with Gasteiger partial charge in [-0.25, -0.2) is 4.39 Å². The van der Waals surface area contributed by atoms with E-state index in [9.17, 15) is 14.0 Å². The molecule has 6 nitrogen and oxygen atoms in total. The zero-order valence-electron chi connectivity index (χ0n) is 15.7. The summed E-state index contributed by atoms with van der Waals surface area (Å²) < 4.78 is 24.2. The largest absolute Gasteiger partial charge is 0.495 e. The Morgan fingerprint density at radius 3 is 2.57 bits per heavy atom. The summed E-state index contributed by atoms with van der Waals surface area (Å²) in [6, 6.07) is 7.68. The Hall–Kier alpha value is -2.80. The van der Waals surface area contributed by atoms with Crippen LogP contribution in [0.5, 0.6) is 11.5 Å². The molecule has 1 aliphatic rings. The molecule has 0 aliphatic carbocycles. The number of carbonyl (C=O) groups is 2. The lowest BCUT2D eigenvalue weighted by atomic mass is 10.1. The molecule has 1 saturated heterocycles. The van der Waals surface area contributed by atoms with Crippen LogP contribution in [0.3, 0.4) is 0 Å². The highest BCUT2D eigenvalue weighted by Crippen LogP contribution is 2.36. The van der Waals surface area contributed by atoms with Crippen molar-refractivity contribution in [1.82, 2.24) is 0 Å². The van der Waals surface area contributed by atoms with Gasteiger partial charge in [0.2, 0.25) is 11.8 Å². The minimum Gasteiger partial charge on any atom is -0.495 e. The molecule has 1 atom stereocenters. The molecular weight excluding hydrogens is 387 g/mol. The first-order valence-electron chi connectivity index (χ1n) is 8.63. The summed E-state index contributed by atoms with van der Waals surface area (Å²) >= 11 is 6.13. The Morgan fingerprint density at radius 1 is 1.21 bits per heavy atom. The highest BCUT2D eigenvalue weighted by molar-refractivity contribution is 6.32. The van der Waals surface area contributed by atoms with E-state index < -0.39 is 11.7 Å². The van der Waals surface area contributed by atoms with Crippen LogP contribution in [0, 0.1) is 18.7 Å². The number of anilines is 2. The zero-order valence-corrected chi connectivity index (χ0v) is 16.5. The van der Waals surface area contributed by atoms with Crippen molar-refractivity contribution in [3.63, 3.8) is 0 Å². The van der Waals surface area contributed by atoms with Crippen molar-refractivity contribution in [3.05, 3.63) is 46.7 Å². The Bertz CT molecular complexity index is 935. The Morgan fingerprint density at radius 2 is 1.93 bits per heavy atom. The lowest BCUT2D eigenvalue weighted by Crippen LogP contribution is -2.28. The number of benzene rings is 2. The molecule has 1 N–H and O–H groups in total. The van der Waals surface area contributed by atoms with Gasteiger partial charge < -0.3 is 19.7 Å². The molecule has 3 rings (SSSR count). The van der Waals surface area contributed by atoms with Gasteiger partial charge >= 0.3 is 0 Å². The summed E-state index contributed by atoms with van der Waals surface area (Å²) in [7, 11) is 2.94. The minimum absolute atomic E-state index is 0.0352. The van der Waals surface area contributed by atoms with E-state index in [1.165, 1.54) is 31.3 Å². The van der Waals surface area contributed by atoms with Crippen molar-refractivity contribution in [3.8, 4) is 11.5 Å². The number of ether oxygens (including phenoxy) is 2. The molecular formula is C20H20ClFN2O4. The molecule has 2 amide bonds. The first kappa shape index (κ1) is 19.9. The molecule has 2 aromatic carbocycles. The van der Waals surface area contributed by atoms with Gasteiger partial charge in [0.1, 0.15) is 17.3 Å². The van der Waals surface area contributed by atoms with E-state index in [0.717, 1.165) is 0 Å². The molecule has 28 heavy (non-hydrogen) atoms. The second-order valence-electron chi connectivity index (χ2n) is 6.52. The summed E-state index contributed by atoms with van der Waals surface area (Å²) in [4.78, 5) is 26.5. The van der Waals surface area contributed by atoms with Crippen molar-refractivity contribution < 1.29 is 23.5 Å². The van der Waals surface area contributed by atoms with Gasteiger partial charge in [0.15, 0.2) is 0 Å². The summed E-state index contributed by atoms with van der Waals surface area (Å²) in [5.41, 5.74) is 1.31. The van der Waals surface area contributed by atoms with Crippen LogP contribution in [0.2, 0.25) is 5.02 Å². The fourth-order valence-corrected chi connectivity index (χ4v) is 3.32. The third kappa shape index (κ3) is 3.89. The van der Waals surface area contributed by atoms with Gasteiger partial charge in [-0.05, 0) is 30.7 Å². The molecule has 8 heteroatoms. The molecule has 0 radical (unpaired) electrons. The van der Waals surface area contributed by atoms with Crippen LogP contribution in [-0.2, 0) is 9.59 Å². The Kier molecular flexibility index (Phi) is 5.74. The third-order valence-electron chi connectivity index (χ3n) is 4.69. The van der Waals surface area contributed by atoms with Crippen molar-refractivity contribution in [2.24, 2.45) is 5.92 Å². The maximum atomic E-state index is 13.8. The van der Waals surface area contributed by atoms with Crippen LogP contribution in [0.1, 0.15) is 12.0 Å². The molecule has 1 aliphatic heterocycles. The molecule has 0 spiro atoms. The average Bonchev–Trinajstić information content (AvgIpc) is 3.06. The Balaban J connectivity index is 1.76. The van der Waals surface area contributed by atoms with Crippen molar-refractivity contribution in [2.75, 3.05) is 31.0 Å². The Labute approximate surface area is 167 Å². The second-order valence-corrected chi connectivity index (χ2v) is 6.92. The molecule has 0 bridgehead atoms. The normalized spacial score (nSPS) is 16.2. The van der Waals surface area contributed by atoms with Crippen molar-refractivity contribution in [1.29, 1.82) is 0 Å². The summed E-state index contributed by atoms with van der Waals surface area (Å²) in [5.74, 6) is -0.749. The number of hydrogen-bond donors (Lipinski definition) is 1. The van der Waals surface area contributed by atoms with Crippen LogP contribution in [-0.4, -0.2) is 32.6 Å². The van der Waals surface area contributed by atoms with Crippen LogP contribution in [0.25, 0.3) is 0 Å². The third-order valence-corrected chi connectivity index (χ3v) is 4.99. The van der Waals surface area contributed by atoms with Gasteiger partial charge in [0, 0.05) is 24.7 Å². The molecule has 1 unspecified atom stereocenters. The lowest BCUT2D eigenvalue weighted by molar-refractivity contribution is -0.122. The highest BCUT2D eigenvalue weighted by atomic mass is 35.5. The van der Waals surface area contributed by atoms with Crippen molar-refractivity contribution >= 4 is 34.8 Å². The number of amides is 2. The van der Waals surface area contributed by atoms with E-state index in [1.807, 2.05) is 0 Å². The number of halogens is 2. The number of nitrogens with one attached hydrogen (secondary N) is 1. The van der Waals surface area contributed by atoms with Crippen LogP contribution < -0.4 is 19.7 Å². The van der Waals surface area contributed by atoms with Gasteiger partial charge in [-0.2, -0.15) is 0 Å². The van der Waals surface area contributed by atoms with E-state index in [2.05, 4.69) is 5.32 Å². The maximum Gasteiger partial charge on any atom is 0.229 e.